The molecule has 170 valence electrons. The normalized spacial score (nSPS) is 12.2. The third kappa shape index (κ3) is 4.96. The van der Waals surface area contributed by atoms with Crippen LogP contribution in [0.3, 0.4) is 0 Å². The first-order valence-electron chi connectivity index (χ1n) is 10.5. The van der Waals surface area contributed by atoms with Crippen molar-refractivity contribution < 1.29 is 18.7 Å². The lowest BCUT2D eigenvalue weighted by molar-refractivity contribution is 0.0599. The second-order valence-electron chi connectivity index (χ2n) is 8.03. The predicted molar refractivity (Wildman–Crippen MR) is 120 cm³/mol. The number of carbonyl (C=O) groups is 2. The Kier molecular flexibility index (Phi) is 7.25. The van der Waals surface area contributed by atoms with Crippen molar-refractivity contribution in [3.05, 3.63) is 64.4 Å². The van der Waals surface area contributed by atoms with Crippen molar-refractivity contribution in [3.63, 3.8) is 0 Å². The molecule has 32 heavy (non-hydrogen) atoms. The van der Waals surface area contributed by atoms with E-state index in [0.717, 1.165) is 29.8 Å². The molecule has 0 spiro atoms. The van der Waals surface area contributed by atoms with Crippen molar-refractivity contribution in [2.75, 3.05) is 20.7 Å². The van der Waals surface area contributed by atoms with Gasteiger partial charge in [-0.1, -0.05) is 0 Å². The van der Waals surface area contributed by atoms with Crippen LogP contribution >= 0.6 is 0 Å². The van der Waals surface area contributed by atoms with Gasteiger partial charge >= 0.3 is 5.97 Å². The molecule has 0 saturated heterocycles. The quantitative estimate of drug-likeness (QED) is 0.386. The number of halogens is 1. The number of aromatic amines is 2. The van der Waals surface area contributed by atoms with Crippen LogP contribution in [-0.4, -0.2) is 58.6 Å². The second-order valence-corrected chi connectivity index (χ2v) is 8.03. The fraction of sp³-hybridized carbons (Fsp3) is 0.375. The summed E-state index contributed by atoms with van der Waals surface area (Å²) in [6.45, 7) is 6.08. The molecule has 0 bridgehead atoms. The number of likely N-dealkylation sites (N-methyl/N-ethyl adjacent to an activating group) is 1. The van der Waals surface area contributed by atoms with E-state index in [1.807, 2.05) is 24.9 Å². The number of ether oxygens (including phenoxy) is 1. The summed E-state index contributed by atoms with van der Waals surface area (Å²) in [4.78, 5) is 30.1. The topological polar surface area (TPSA) is 91.1 Å². The molecule has 0 saturated carbocycles. The molecule has 7 nitrogen and oxygen atoms in total. The van der Waals surface area contributed by atoms with E-state index in [2.05, 4.69) is 15.2 Å². The fourth-order valence-electron chi connectivity index (χ4n) is 3.78. The number of aryl methyl sites for hydroxylation is 2. The highest BCUT2D eigenvalue weighted by Gasteiger charge is 2.27. The number of ketones is 1. The molecule has 3 aromatic rings. The average molecular weight is 441 g/mol. The third-order valence-electron chi connectivity index (χ3n) is 5.84. The number of H-pyrrole nitrogens is 2. The van der Waals surface area contributed by atoms with Gasteiger partial charge in [-0.3, -0.25) is 14.8 Å². The van der Waals surface area contributed by atoms with Crippen LogP contribution in [0.25, 0.3) is 11.3 Å². The molecule has 2 heterocycles. The average Bonchev–Trinajstić information content (AvgIpc) is 3.36. The lowest BCUT2D eigenvalue weighted by atomic mass is 10.0. The van der Waals surface area contributed by atoms with E-state index >= 15 is 0 Å². The molecule has 1 unspecified atom stereocenters. The van der Waals surface area contributed by atoms with Crippen molar-refractivity contribution in [1.29, 1.82) is 0 Å². The van der Waals surface area contributed by atoms with Crippen LogP contribution in [0.4, 0.5) is 4.39 Å². The van der Waals surface area contributed by atoms with E-state index in [1.165, 1.54) is 19.2 Å². The zero-order chi connectivity index (χ0) is 23.4. The number of nitrogens with zero attached hydrogens (tertiary/aromatic N) is 2. The van der Waals surface area contributed by atoms with Gasteiger partial charge in [-0.2, -0.15) is 5.10 Å². The first kappa shape index (κ1) is 23.4. The van der Waals surface area contributed by atoms with Gasteiger partial charge in [0.05, 0.1) is 30.1 Å². The summed E-state index contributed by atoms with van der Waals surface area (Å²) in [6.07, 6.45) is 1.60. The van der Waals surface area contributed by atoms with Crippen molar-refractivity contribution in [3.8, 4) is 11.3 Å². The SMILES string of the molecule is COC(=O)c1c(C)[nH]c(C(=O)C(C)N(C)CCCc2cc(-c3ccc(F)cc3)n[nH]2)c1C. The Balaban J connectivity index is 1.57. The van der Waals surface area contributed by atoms with Crippen LogP contribution in [0.2, 0.25) is 0 Å². The summed E-state index contributed by atoms with van der Waals surface area (Å²) in [7, 11) is 3.24. The van der Waals surface area contributed by atoms with Gasteiger partial charge in [0.15, 0.2) is 5.78 Å². The molecule has 0 aliphatic heterocycles. The number of esters is 1. The number of methoxy groups -OCH3 is 1. The Morgan fingerprint density at radius 3 is 2.56 bits per heavy atom. The first-order chi connectivity index (χ1) is 15.2. The summed E-state index contributed by atoms with van der Waals surface area (Å²) >= 11 is 0. The van der Waals surface area contributed by atoms with Crippen molar-refractivity contribution in [2.24, 2.45) is 0 Å². The number of Topliss-reactive ketones (excluding diaryl/α,β-unsaturated/α-hetero) is 1. The molecule has 0 aliphatic carbocycles. The van der Waals surface area contributed by atoms with Gasteiger partial charge in [0.2, 0.25) is 0 Å². The maximum atomic E-state index is 13.1. The molecule has 1 aromatic carbocycles. The predicted octanol–water partition coefficient (Wildman–Crippen LogP) is 4.08. The monoisotopic (exact) mass is 440 g/mol. The number of rotatable bonds is 9. The number of hydrogen-bond donors (Lipinski definition) is 2. The van der Waals surface area contributed by atoms with E-state index in [4.69, 9.17) is 4.74 Å². The fourth-order valence-corrected chi connectivity index (χ4v) is 3.78. The van der Waals surface area contributed by atoms with Crippen molar-refractivity contribution in [1.82, 2.24) is 20.1 Å². The van der Waals surface area contributed by atoms with Gasteiger partial charge in [-0.15, -0.1) is 0 Å². The molecule has 3 rings (SSSR count). The number of benzene rings is 1. The number of aromatic nitrogens is 3. The minimum Gasteiger partial charge on any atom is -0.465 e. The van der Waals surface area contributed by atoms with Crippen LogP contribution in [-0.2, 0) is 11.2 Å². The molecule has 8 heteroatoms. The van der Waals surface area contributed by atoms with Gasteiger partial charge in [0.25, 0.3) is 0 Å². The third-order valence-corrected chi connectivity index (χ3v) is 5.84. The molecule has 0 fully saturated rings. The highest BCUT2D eigenvalue weighted by Crippen LogP contribution is 2.22. The Morgan fingerprint density at radius 2 is 1.91 bits per heavy atom. The molecule has 1 atom stereocenters. The van der Waals surface area contributed by atoms with E-state index in [9.17, 15) is 14.0 Å². The van der Waals surface area contributed by atoms with E-state index in [0.29, 0.717) is 29.1 Å². The molecule has 0 radical (unpaired) electrons. The lowest BCUT2D eigenvalue weighted by Crippen LogP contribution is -2.37. The first-order valence-corrected chi connectivity index (χ1v) is 10.5. The molecular formula is C24H29FN4O3. The number of carbonyl (C=O) groups excluding carboxylic acids is 2. The smallest absolute Gasteiger partial charge is 0.339 e. The van der Waals surface area contributed by atoms with Crippen LogP contribution in [0.15, 0.2) is 30.3 Å². The van der Waals surface area contributed by atoms with E-state index in [1.54, 1.807) is 26.0 Å². The Labute approximate surface area is 187 Å². The Bertz CT molecular complexity index is 1100. The van der Waals surface area contributed by atoms with Crippen molar-refractivity contribution in [2.45, 2.75) is 39.7 Å². The van der Waals surface area contributed by atoms with E-state index in [-0.39, 0.29) is 17.6 Å². The van der Waals surface area contributed by atoms with Gasteiger partial charge in [0.1, 0.15) is 5.82 Å². The zero-order valence-electron chi connectivity index (χ0n) is 19.1. The number of hydrogen-bond acceptors (Lipinski definition) is 5. The van der Waals surface area contributed by atoms with Crippen LogP contribution in [0.1, 0.15) is 51.1 Å². The highest BCUT2D eigenvalue weighted by molar-refractivity contribution is 6.03. The van der Waals surface area contributed by atoms with Crippen LogP contribution in [0, 0.1) is 19.7 Å². The van der Waals surface area contributed by atoms with Crippen LogP contribution < -0.4 is 0 Å². The molecular weight excluding hydrogens is 411 g/mol. The largest absolute Gasteiger partial charge is 0.465 e. The summed E-state index contributed by atoms with van der Waals surface area (Å²) < 4.78 is 17.9. The maximum absolute atomic E-state index is 13.1. The summed E-state index contributed by atoms with van der Waals surface area (Å²) in [5.74, 6) is -0.790. The minimum absolute atomic E-state index is 0.0663. The molecule has 0 amide bonds. The van der Waals surface area contributed by atoms with Gasteiger partial charge < -0.3 is 9.72 Å². The van der Waals surface area contributed by atoms with Crippen LogP contribution in [0.5, 0.6) is 0 Å². The Hall–Kier alpha value is -3.26. The standard InChI is InChI=1S/C24H29FN4O3/c1-14-21(24(31)32-5)15(2)26-22(14)23(30)16(3)29(4)12-6-7-19-13-20(28-27-19)17-8-10-18(25)11-9-17/h8-11,13,16,26H,6-7,12H2,1-5H3,(H,27,28). The summed E-state index contributed by atoms with van der Waals surface area (Å²) in [6, 6.07) is 7.84. The molecule has 2 aromatic heterocycles. The number of nitrogens with one attached hydrogen (secondary N) is 2. The molecule has 0 aliphatic rings. The lowest BCUT2D eigenvalue weighted by Gasteiger charge is -2.23. The maximum Gasteiger partial charge on any atom is 0.339 e. The summed E-state index contributed by atoms with van der Waals surface area (Å²) in [5.41, 5.74) is 4.72. The van der Waals surface area contributed by atoms with Crippen molar-refractivity contribution >= 4 is 11.8 Å². The zero-order valence-corrected chi connectivity index (χ0v) is 19.1. The van der Waals surface area contributed by atoms with E-state index < -0.39 is 5.97 Å². The highest BCUT2D eigenvalue weighted by atomic mass is 19.1. The van der Waals surface area contributed by atoms with Gasteiger partial charge in [-0.05, 0) is 83.1 Å². The summed E-state index contributed by atoms with van der Waals surface area (Å²) in [5, 5.41) is 7.33. The van der Waals surface area contributed by atoms with Gasteiger partial charge in [-0.25, -0.2) is 9.18 Å². The Morgan fingerprint density at radius 1 is 1.22 bits per heavy atom. The minimum atomic E-state index is -0.448. The van der Waals surface area contributed by atoms with Gasteiger partial charge in [0, 0.05) is 17.0 Å². The molecule has 2 N–H and O–H groups in total. The second kappa shape index (κ2) is 9.91.